The van der Waals surface area contributed by atoms with Crippen LogP contribution in [0.25, 0.3) is 0 Å². The standard InChI is InChI=1S/C7H17NO4S/c1-11-6-7-12-5-3-4-8-13(2,9)10/h8H,3-7H2,1-2H3. The van der Waals surface area contributed by atoms with E-state index in [0.29, 0.717) is 32.8 Å². The average Bonchev–Trinajstić information content (AvgIpc) is 2.01. The molecule has 0 aromatic carbocycles. The van der Waals surface area contributed by atoms with Crippen LogP contribution in [-0.2, 0) is 19.5 Å². The highest BCUT2D eigenvalue weighted by Crippen LogP contribution is 1.83. The minimum Gasteiger partial charge on any atom is -0.382 e. The second kappa shape index (κ2) is 7.25. The first-order valence-corrected chi connectivity index (χ1v) is 5.96. The summed E-state index contributed by atoms with van der Waals surface area (Å²) in [6, 6.07) is 0. The fourth-order valence-electron chi connectivity index (χ4n) is 0.676. The molecule has 0 aliphatic carbocycles. The number of rotatable bonds is 8. The van der Waals surface area contributed by atoms with Gasteiger partial charge in [-0.25, -0.2) is 13.1 Å². The zero-order valence-electron chi connectivity index (χ0n) is 8.08. The Bertz CT molecular complexity index is 203. The highest BCUT2D eigenvalue weighted by Gasteiger charge is 1.97. The zero-order chi connectivity index (χ0) is 10.2. The van der Waals surface area contributed by atoms with Gasteiger partial charge in [-0.15, -0.1) is 0 Å². The van der Waals surface area contributed by atoms with Gasteiger partial charge in [0.1, 0.15) is 0 Å². The lowest BCUT2D eigenvalue weighted by molar-refractivity contribution is 0.0699. The van der Waals surface area contributed by atoms with Gasteiger partial charge in [0.2, 0.25) is 10.0 Å². The molecule has 0 aromatic heterocycles. The van der Waals surface area contributed by atoms with E-state index in [1.807, 2.05) is 0 Å². The molecule has 0 aromatic rings. The topological polar surface area (TPSA) is 64.6 Å². The first-order chi connectivity index (χ1) is 6.06. The lowest BCUT2D eigenvalue weighted by Gasteiger charge is -2.03. The molecule has 0 radical (unpaired) electrons. The Kier molecular flexibility index (Phi) is 7.16. The summed E-state index contributed by atoms with van der Waals surface area (Å²) in [7, 11) is -1.45. The Balaban J connectivity index is 3.09. The van der Waals surface area contributed by atoms with Crippen LogP contribution in [0.1, 0.15) is 6.42 Å². The number of sulfonamides is 1. The third kappa shape index (κ3) is 11.8. The average molecular weight is 211 g/mol. The van der Waals surface area contributed by atoms with Gasteiger partial charge in [-0.2, -0.15) is 0 Å². The van der Waals surface area contributed by atoms with E-state index in [1.54, 1.807) is 7.11 Å². The van der Waals surface area contributed by atoms with Crippen molar-refractivity contribution in [3.63, 3.8) is 0 Å². The van der Waals surface area contributed by atoms with Crippen LogP contribution in [0.2, 0.25) is 0 Å². The van der Waals surface area contributed by atoms with E-state index < -0.39 is 10.0 Å². The summed E-state index contributed by atoms with van der Waals surface area (Å²) in [5, 5.41) is 0. The summed E-state index contributed by atoms with van der Waals surface area (Å²) in [5.74, 6) is 0. The number of ether oxygens (including phenoxy) is 2. The van der Waals surface area contributed by atoms with Crippen LogP contribution in [0.4, 0.5) is 0 Å². The maximum absolute atomic E-state index is 10.6. The smallest absolute Gasteiger partial charge is 0.208 e. The van der Waals surface area contributed by atoms with E-state index in [9.17, 15) is 8.42 Å². The Morgan fingerprint density at radius 3 is 2.46 bits per heavy atom. The van der Waals surface area contributed by atoms with E-state index in [-0.39, 0.29) is 0 Å². The van der Waals surface area contributed by atoms with Crippen molar-refractivity contribution in [2.75, 3.05) is 39.7 Å². The second-order valence-corrected chi connectivity index (χ2v) is 4.46. The van der Waals surface area contributed by atoms with Crippen molar-refractivity contribution in [2.45, 2.75) is 6.42 Å². The van der Waals surface area contributed by atoms with Crippen LogP contribution >= 0.6 is 0 Å². The molecule has 0 aliphatic heterocycles. The molecule has 6 heteroatoms. The fraction of sp³-hybridized carbons (Fsp3) is 1.00. The van der Waals surface area contributed by atoms with Crippen LogP contribution in [-0.4, -0.2) is 48.1 Å². The van der Waals surface area contributed by atoms with Crippen molar-refractivity contribution in [3.8, 4) is 0 Å². The number of nitrogens with one attached hydrogen (secondary N) is 1. The molecule has 0 aliphatic rings. The van der Waals surface area contributed by atoms with Gasteiger partial charge in [-0.3, -0.25) is 0 Å². The largest absolute Gasteiger partial charge is 0.382 e. The van der Waals surface area contributed by atoms with Crippen LogP contribution in [0.15, 0.2) is 0 Å². The third-order valence-corrected chi connectivity index (χ3v) is 1.99. The molecule has 0 fully saturated rings. The van der Waals surface area contributed by atoms with Gasteiger partial charge in [0.05, 0.1) is 19.5 Å². The summed E-state index contributed by atoms with van der Waals surface area (Å²) in [6.45, 7) is 2.09. The molecular weight excluding hydrogens is 194 g/mol. The van der Waals surface area contributed by atoms with E-state index in [2.05, 4.69) is 4.72 Å². The van der Waals surface area contributed by atoms with E-state index in [4.69, 9.17) is 9.47 Å². The normalized spacial score (nSPS) is 11.8. The Morgan fingerprint density at radius 1 is 1.23 bits per heavy atom. The highest BCUT2D eigenvalue weighted by atomic mass is 32.2. The SMILES string of the molecule is COCCOCCCNS(C)(=O)=O. The zero-order valence-corrected chi connectivity index (χ0v) is 8.89. The molecule has 0 heterocycles. The van der Waals surface area contributed by atoms with Crippen molar-refractivity contribution in [2.24, 2.45) is 0 Å². The fourth-order valence-corrected chi connectivity index (χ4v) is 1.19. The lowest BCUT2D eigenvalue weighted by atomic mass is 10.5. The molecule has 0 spiro atoms. The van der Waals surface area contributed by atoms with Crippen molar-refractivity contribution >= 4 is 10.0 Å². The summed E-state index contributed by atoms with van der Waals surface area (Å²) in [5.41, 5.74) is 0. The summed E-state index contributed by atoms with van der Waals surface area (Å²) >= 11 is 0. The maximum atomic E-state index is 10.6. The molecular formula is C7H17NO4S. The van der Waals surface area contributed by atoms with Gasteiger partial charge >= 0.3 is 0 Å². The molecule has 0 rings (SSSR count). The van der Waals surface area contributed by atoms with Crippen molar-refractivity contribution in [3.05, 3.63) is 0 Å². The van der Waals surface area contributed by atoms with Crippen LogP contribution < -0.4 is 4.72 Å². The maximum Gasteiger partial charge on any atom is 0.208 e. The second-order valence-electron chi connectivity index (χ2n) is 2.63. The van der Waals surface area contributed by atoms with Gasteiger partial charge in [0.25, 0.3) is 0 Å². The minimum atomic E-state index is -3.05. The van der Waals surface area contributed by atoms with Gasteiger partial charge in [0.15, 0.2) is 0 Å². The molecule has 0 amide bonds. The van der Waals surface area contributed by atoms with Crippen molar-refractivity contribution in [1.82, 2.24) is 4.72 Å². The molecule has 1 N–H and O–H groups in total. The third-order valence-electron chi connectivity index (χ3n) is 1.26. The van der Waals surface area contributed by atoms with E-state index in [0.717, 1.165) is 6.26 Å². The number of hydrogen-bond donors (Lipinski definition) is 1. The molecule has 0 saturated carbocycles. The molecule has 13 heavy (non-hydrogen) atoms. The van der Waals surface area contributed by atoms with Crippen molar-refractivity contribution < 1.29 is 17.9 Å². The van der Waals surface area contributed by atoms with Crippen LogP contribution in [0.3, 0.4) is 0 Å². The molecule has 80 valence electrons. The van der Waals surface area contributed by atoms with Gasteiger partial charge in [-0.05, 0) is 6.42 Å². The molecule has 0 bridgehead atoms. The first kappa shape index (κ1) is 12.8. The Labute approximate surface area is 79.5 Å². The van der Waals surface area contributed by atoms with E-state index >= 15 is 0 Å². The lowest BCUT2D eigenvalue weighted by Crippen LogP contribution is -2.24. The Morgan fingerprint density at radius 2 is 1.92 bits per heavy atom. The molecule has 0 saturated heterocycles. The minimum absolute atomic E-state index is 0.422. The quantitative estimate of drug-likeness (QED) is 0.554. The number of methoxy groups -OCH3 is 1. The van der Waals surface area contributed by atoms with Gasteiger partial charge in [0, 0.05) is 20.3 Å². The van der Waals surface area contributed by atoms with Gasteiger partial charge < -0.3 is 9.47 Å². The first-order valence-electron chi connectivity index (χ1n) is 4.07. The van der Waals surface area contributed by atoms with Crippen LogP contribution in [0, 0.1) is 0 Å². The number of hydrogen-bond acceptors (Lipinski definition) is 4. The summed E-state index contributed by atoms with van der Waals surface area (Å²) < 4.78 is 33.5. The summed E-state index contributed by atoms with van der Waals surface area (Å²) in [6.07, 6.45) is 1.82. The monoisotopic (exact) mass is 211 g/mol. The van der Waals surface area contributed by atoms with E-state index in [1.165, 1.54) is 0 Å². The molecule has 5 nitrogen and oxygen atoms in total. The Hall–Kier alpha value is -0.170. The van der Waals surface area contributed by atoms with Crippen molar-refractivity contribution in [1.29, 1.82) is 0 Å². The molecule has 0 atom stereocenters. The van der Waals surface area contributed by atoms with Gasteiger partial charge in [-0.1, -0.05) is 0 Å². The highest BCUT2D eigenvalue weighted by molar-refractivity contribution is 7.88. The molecule has 0 unspecified atom stereocenters. The predicted octanol–water partition coefficient (Wildman–Crippen LogP) is -0.411. The predicted molar refractivity (Wildman–Crippen MR) is 50.2 cm³/mol. The summed E-state index contributed by atoms with van der Waals surface area (Å²) in [4.78, 5) is 0. The van der Waals surface area contributed by atoms with Crippen LogP contribution in [0.5, 0.6) is 0 Å².